The van der Waals surface area contributed by atoms with Gasteiger partial charge in [-0.1, -0.05) is 6.07 Å². The maximum Gasteiger partial charge on any atom is 0.284 e. The number of thiophene rings is 1. The standard InChI is InChI=1S/C14H13BrN2O3S/c1-9(13-4-3-7-21-13)16(2)14(18)10-5-6-11(15)12(8-10)17(19)20/h3-9H,1-2H3. The quantitative estimate of drug-likeness (QED) is 0.598. The highest BCUT2D eigenvalue weighted by atomic mass is 79.9. The maximum absolute atomic E-state index is 12.5. The highest BCUT2D eigenvalue weighted by Crippen LogP contribution is 2.28. The Labute approximate surface area is 134 Å². The molecule has 0 spiro atoms. The minimum atomic E-state index is -0.510. The molecule has 0 saturated heterocycles. The van der Waals surface area contributed by atoms with Crippen molar-refractivity contribution in [2.24, 2.45) is 0 Å². The average molecular weight is 369 g/mol. The number of hydrogen-bond acceptors (Lipinski definition) is 4. The van der Waals surface area contributed by atoms with Crippen LogP contribution in [-0.2, 0) is 0 Å². The minimum Gasteiger partial charge on any atom is -0.334 e. The zero-order valence-corrected chi connectivity index (χ0v) is 13.8. The van der Waals surface area contributed by atoms with Gasteiger partial charge >= 0.3 is 0 Å². The lowest BCUT2D eigenvalue weighted by Crippen LogP contribution is -2.29. The van der Waals surface area contributed by atoms with Crippen molar-refractivity contribution in [1.29, 1.82) is 0 Å². The third-order valence-corrected chi connectivity index (χ3v) is 4.96. The van der Waals surface area contributed by atoms with E-state index in [-0.39, 0.29) is 17.6 Å². The summed E-state index contributed by atoms with van der Waals surface area (Å²) in [5.74, 6) is -0.244. The normalized spacial score (nSPS) is 12.0. The molecule has 1 atom stereocenters. The van der Waals surface area contributed by atoms with E-state index in [1.54, 1.807) is 29.4 Å². The number of halogens is 1. The SMILES string of the molecule is CC(c1cccs1)N(C)C(=O)c1ccc(Br)c([N+](=O)[O-])c1. The number of nitro groups is 1. The summed E-state index contributed by atoms with van der Waals surface area (Å²) in [6, 6.07) is 8.21. The number of rotatable bonds is 4. The molecular formula is C14H13BrN2O3S. The van der Waals surface area contributed by atoms with E-state index < -0.39 is 4.92 Å². The number of nitrogens with zero attached hydrogens (tertiary/aromatic N) is 2. The fourth-order valence-corrected chi connectivity index (χ4v) is 3.10. The van der Waals surface area contributed by atoms with Crippen molar-refractivity contribution in [3.05, 3.63) is 60.7 Å². The second-order valence-corrected chi connectivity index (χ2v) is 6.36. The molecule has 1 aromatic carbocycles. The van der Waals surface area contributed by atoms with E-state index in [1.807, 2.05) is 24.4 Å². The van der Waals surface area contributed by atoms with Crippen LogP contribution in [0.4, 0.5) is 5.69 Å². The summed E-state index contributed by atoms with van der Waals surface area (Å²) in [5.41, 5.74) is 0.189. The van der Waals surface area contributed by atoms with Crippen LogP contribution >= 0.6 is 27.3 Å². The molecule has 0 aliphatic heterocycles. The molecule has 0 N–H and O–H groups in total. The fraction of sp³-hybridized carbons (Fsp3) is 0.214. The van der Waals surface area contributed by atoms with Gasteiger partial charge in [0.05, 0.1) is 15.4 Å². The Balaban J connectivity index is 2.27. The summed E-state index contributed by atoms with van der Waals surface area (Å²) in [6.45, 7) is 1.93. The van der Waals surface area contributed by atoms with Crippen molar-refractivity contribution in [2.45, 2.75) is 13.0 Å². The molecule has 1 aromatic heterocycles. The van der Waals surface area contributed by atoms with Gasteiger partial charge in [0.1, 0.15) is 0 Å². The van der Waals surface area contributed by atoms with Gasteiger partial charge in [0.15, 0.2) is 0 Å². The fourth-order valence-electron chi connectivity index (χ4n) is 1.88. The molecule has 0 aliphatic carbocycles. The van der Waals surface area contributed by atoms with Crippen LogP contribution in [0, 0.1) is 10.1 Å². The Morgan fingerprint density at radius 1 is 1.43 bits per heavy atom. The van der Waals surface area contributed by atoms with Crippen molar-refractivity contribution >= 4 is 38.9 Å². The van der Waals surface area contributed by atoms with Crippen molar-refractivity contribution < 1.29 is 9.72 Å². The predicted molar refractivity (Wildman–Crippen MR) is 85.6 cm³/mol. The van der Waals surface area contributed by atoms with Gasteiger partial charge in [0.2, 0.25) is 0 Å². The van der Waals surface area contributed by atoms with E-state index >= 15 is 0 Å². The summed E-state index contributed by atoms with van der Waals surface area (Å²) in [4.78, 5) is 25.5. The van der Waals surface area contributed by atoms with Crippen LogP contribution in [0.3, 0.4) is 0 Å². The Bertz CT molecular complexity index is 673. The molecule has 1 heterocycles. The first-order valence-corrected chi connectivity index (χ1v) is 7.83. The van der Waals surface area contributed by atoms with Gasteiger partial charge in [-0.3, -0.25) is 14.9 Å². The Morgan fingerprint density at radius 2 is 2.14 bits per heavy atom. The summed E-state index contributed by atoms with van der Waals surface area (Å²) in [6.07, 6.45) is 0. The number of hydrogen-bond donors (Lipinski definition) is 0. The Morgan fingerprint density at radius 3 is 2.71 bits per heavy atom. The molecule has 7 heteroatoms. The van der Waals surface area contributed by atoms with E-state index in [0.717, 1.165) is 4.88 Å². The van der Waals surface area contributed by atoms with Gasteiger partial charge in [-0.25, -0.2) is 0 Å². The molecular weight excluding hydrogens is 356 g/mol. The molecule has 5 nitrogen and oxygen atoms in total. The largest absolute Gasteiger partial charge is 0.334 e. The molecule has 0 bridgehead atoms. The second-order valence-electron chi connectivity index (χ2n) is 4.53. The molecule has 110 valence electrons. The average Bonchev–Trinajstić information content (AvgIpc) is 2.99. The second kappa shape index (κ2) is 6.36. The van der Waals surface area contributed by atoms with Gasteiger partial charge in [-0.2, -0.15) is 0 Å². The molecule has 2 rings (SSSR count). The first kappa shape index (κ1) is 15.7. The zero-order valence-electron chi connectivity index (χ0n) is 11.4. The highest BCUT2D eigenvalue weighted by molar-refractivity contribution is 9.10. The van der Waals surface area contributed by atoms with Gasteiger partial charge in [0.25, 0.3) is 11.6 Å². The number of benzene rings is 1. The molecule has 0 radical (unpaired) electrons. The van der Waals surface area contributed by atoms with E-state index in [1.165, 1.54) is 12.1 Å². The van der Waals surface area contributed by atoms with Crippen molar-refractivity contribution in [1.82, 2.24) is 4.90 Å². The molecule has 0 fully saturated rings. The third-order valence-electron chi connectivity index (χ3n) is 3.25. The van der Waals surface area contributed by atoms with Crippen LogP contribution in [0.25, 0.3) is 0 Å². The van der Waals surface area contributed by atoms with Crippen LogP contribution in [0.5, 0.6) is 0 Å². The molecule has 0 aliphatic rings. The Hall–Kier alpha value is -1.73. The molecule has 21 heavy (non-hydrogen) atoms. The molecule has 2 aromatic rings. The van der Waals surface area contributed by atoms with Gasteiger partial charge < -0.3 is 4.90 Å². The van der Waals surface area contributed by atoms with E-state index in [4.69, 9.17) is 0 Å². The van der Waals surface area contributed by atoms with Gasteiger partial charge in [-0.05, 0) is 46.4 Å². The van der Waals surface area contributed by atoms with E-state index in [0.29, 0.717) is 10.0 Å². The van der Waals surface area contributed by atoms with E-state index in [2.05, 4.69) is 15.9 Å². The van der Waals surface area contributed by atoms with Crippen LogP contribution in [0.15, 0.2) is 40.2 Å². The van der Waals surface area contributed by atoms with Crippen LogP contribution in [0.2, 0.25) is 0 Å². The van der Waals surface area contributed by atoms with Gasteiger partial charge in [0, 0.05) is 23.6 Å². The summed E-state index contributed by atoms with van der Waals surface area (Å²) in [5, 5.41) is 12.9. The lowest BCUT2D eigenvalue weighted by molar-refractivity contribution is -0.385. The monoisotopic (exact) mass is 368 g/mol. The third kappa shape index (κ3) is 3.30. The lowest BCUT2D eigenvalue weighted by atomic mass is 10.1. The Kier molecular flexibility index (Phi) is 4.74. The molecule has 1 amide bonds. The van der Waals surface area contributed by atoms with Crippen molar-refractivity contribution in [2.75, 3.05) is 7.05 Å². The predicted octanol–water partition coefficient (Wildman–Crippen LogP) is 4.25. The summed E-state index contributed by atoms with van der Waals surface area (Å²) in [7, 11) is 1.70. The minimum absolute atomic E-state index is 0.0831. The maximum atomic E-state index is 12.5. The lowest BCUT2D eigenvalue weighted by Gasteiger charge is -2.24. The van der Waals surface area contributed by atoms with Crippen molar-refractivity contribution in [3.63, 3.8) is 0 Å². The summed E-state index contributed by atoms with van der Waals surface area (Å²) >= 11 is 4.69. The number of carbonyl (C=O) groups is 1. The molecule has 0 saturated carbocycles. The van der Waals surface area contributed by atoms with Crippen LogP contribution in [-0.4, -0.2) is 22.8 Å². The summed E-state index contributed by atoms with van der Waals surface area (Å²) < 4.78 is 0.359. The van der Waals surface area contributed by atoms with Crippen LogP contribution in [0.1, 0.15) is 28.2 Å². The van der Waals surface area contributed by atoms with Crippen molar-refractivity contribution in [3.8, 4) is 0 Å². The zero-order chi connectivity index (χ0) is 15.6. The topological polar surface area (TPSA) is 63.5 Å². The number of amides is 1. The first-order chi connectivity index (χ1) is 9.91. The highest BCUT2D eigenvalue weighted by Gasteiger charge is 2.22. The number of carbonyl (C=O) groups excluding carboxylic acids is 1. The first-order valence-electron chi connectivity index (χ1n) is 6.16. The number of nitro benzene ring substituents is 1. The smallest absolute Gasteiger partial charge is 0.284 e. The van der Waals surface area contributed by atoms with E-state index in [9.17, 15) is 14.9 Å². The van der Waals surface area contributed by atoms with Gasteiger partial charge in [-0.15, -0.1) is 11.3 Å². The van der Waals surface area contributed by atoms with Crippen LogP contribution < -0.4 is 0 Å². The molecule has 1 unspecified atom stereocenters.